The lowest BCUT2D eigenvalue weighted by molar-refractivity contribution is 0.0657. The number of alkyl halides is 1. The van der Waals surface area contributed by atoms with Crippen LogP contribution in [0.3, 0.4) is 0 Å². The summed E-state index contributed by atoms with van der Waals surface area (Å²) in [7, 11) is -4.15. The molecule has 3 rings (SSSR count). The first-order chi connectivity index (χ1) is 14.1. The maximum absolute atomic E-state index is 13.7. The molecule has 0 saturated carbocycles. The van der Waals surface area contributed by atoms with Gasteiger partial charge in [0.25, 0.3) is 0 Å². The van der Waals surface area contributed by atoms with Gasteiger partial charge in [0.2, 0.25) is 10.0 Å². The first-order valence-electron chi connectivity index (χ1n) is 9.02. The average molecular weight is 466 g/mol. The number of halogens is 4. The number of hydrogen-bond acceptors (Lipinski definition) is 5. The average Bonchev–Trinajstić information content (AvgIpc) is 2.65. The zero-order chi connectivity index (χ0) is 22.3. The molecule has 30 heavy (non-hydrogen) atoms. The second-order valence-corrected chi connectivity index (χ2v) is 9.04. The van der Waals surface area contributed by atoms with Gasteiger partial charge in [-0.1, -0.05) is 0 Å². The second kappa shape index (κ2) is 11.0. The van der Waals surface area contributed by atoms with E-state index >= 15 is 0 Å². The summed E-state index contributed by atoms with van der Waals surface area (Å²) in [5, 5.41) is 7.38. The number of sulfonamides is 1. The van der Waals surface area contributed by atoms with Crippen LogP contribution in [0.4, 0.5) is 23.2 Å². The highest BCUT2D eigenvalue weighted by Gasteiger charge is 2.25. The van der Waals surface area contributed by atoms with Gasteiger partial charge in [-0.25, -0.2) is 31.1 Å². The zero-order valence-corrected chi connectivity index (χ0v) is 17.9. The van der Waals surface area contributed by atoms with E-state index in [0.29, 0.717) is 38.2 Å². The third-order valence-corrected chi connectivity index (χ3v) is 5.90. The van der Waals surface area contributed by atoms with E-state index in [1.807, 2.05) is 11.2 Å². The molecule has 2 aromatic carbocycles. The summed E-state index contributed by atoms with van der Waals surface area (Å²) in [5.74, 6) is -2.22. The Hall–Kier alpha value is -1.82. The molecule has 1 heterocycles. The predicted octanol–water partition coefficient (Wildman–Crippen LogP) is 3.62. The fraction of sp³-hybridized carbons (Fsp3) is 0.368. The van der Waals surface area contributed by atoms with Crippen LogP contribution in [0.5, 0.6) is 0 Å². The van der Waals surface area contributed by atoms with Gasteiger partial charge < -0.3 is 5.32 Å². The van der Waals surface area contributed by atoms with Crippen molar-refractivity contribution in [3.63, 3.8) is 0 Å². The number of benzene rings is 2. The number of likely N-dealkylation sites (tertiary alicyclic amines) is 1. The van der Waals surface area contributed by atoms with Crippen molar-refractivity contribution >= 4 is 27.5 Å². The van der Waals surface area contributed by atoms with Gasteiger partial charge >= 0.3 is 0 Å². The molecule has 0 spiro atoms. The smallest absolute Gasteiger partial charge is 0.238 e. The lowest BCUT2D eigenvalue weighted by Crippen LogP contribution is -2.48. The van der Waals surface area contributed by atoms with E-state index < -0.39 is 38.4 Å². The van der Waals surface area contributed by atoms with E-state index in [-0.39, 0.29) is 12.4 Å². The molecule has 0 bridgehead atoms. The first-order valence-corrected chi connectivity index (χ1v) is 11.8. The van der Waals surface area contributed by atoms with Crippen molar-refractivity contribution in [2.75, 3.05) is 37.8 Å². The minimum Gasteiger partial charge on any atom is -0.380 e. The Morgan fingerprint density at radius 2 is 1.70 bits per heavy atom. The van der Waals surface area contributed by atoms with Crippen molar-refractivity contribution in [3.05, 3.63) is 53.8 Å². The molecule has 166 valence electrons. The van der Waals surface area contributed by atoms with E-state index in [2.05, 4.69) is 5.32 Å². The molecule has 0 atom stereocenters. The van der Waals surface area contributed by atoms with Crippen molar-refractivity contribution in [2.24, 2.45) is 5.14 Å². The Kier molecular flexibility index (Phi) is 8.95. The minimum atomic E-state index is -4.15. The molecule has 0 aliphatic carbocycles. The van der Waals surface area contributed by atoms with Gasteiger partial charge in [0.1, 0.15) is 17.7 Å². The Morgan fingerprint density at radius 1 is 1.13 bits per heavy atom. The molecule has 11 heteroatoms. The van der Waals surface area contributed by atoms with Crippen molar-refractivity contribution in [1.82, 2.24) is 4.90 Å². The number of primary sulfonamides is 1. The molecule has 5 nitrogen and oxygen atoms in total. The highest BCUT2D eigenvalue weighted by Crippen LogP contribution is 2.23. The number of hydrogen-bond donors (Lipinski definition) is 2. The van der Waals surface area contributed by atoms with Crippen LogP contribution in [-0.2, 0) is 10.0 Å². The number of thioether (sulfide) groups is 1. The summed E-state index contributed by atoms with van der Waals surface area (Å²) in [6.07, 6.45) is 1.77. The van der Waals surface area contributed by atoms with Crippen LogP contribution >= 0.6 is 11.8 Å². The van der Waals surface area contributed by atoms with Crippen LogP contribution in [0.1, 0.15) is 6.42 Å². The second-order valence-electron chi connectivity index (χ2n) is 6.60. The van der Waals surface area contributed by atoms with Crippen LogP contribution in [-0.4, -0.2) is 51.9 Å². The molecule has 2 aromatic rings. The molecule has 1 aliphatic rings. The number of nitrogens with one attached hydrogen (secondary N) is 1. The molecule has 1 saturated heterocycles. The van der Waals surface area contributed by atoms with Crippen LogP contribution in [0, 0.1) is 17.5 Å². The number of nitrogens with zero attached hydrogens (tertiary/aromatic N) is 1. The maximum Gasteiger partial charge on any atom is 0.238 e. The SMILES string of the molecule is CSc1ccc(F)cc1.NS(=O)(=O)c1cc(F)c(NCCCN2CC(F)C2)c(F)c1. The van der Waals surface area contributed by atoms with E-state index in [0.717, 1.165) is 4.90 Å². The van der Waals surface area contributed by atoms with Crippen LogP contribution in [0.2, 0.25) is 0 Å². The number of rotatable bonds is 7. The van der Waals surface area contributed by atoms with E-state index in [1.165, 1.54) is 12.1 Å². The highest BCUT2D eigenvalue weighted by molar-refractivity contribution is 7.98. The molecule has 0 radical (unpaired) electrons. The van der Waals surface area contributed by atoms with Crippen molar-refractivity contribution in [1.29, 1.82) is 0 Å². The van der Waals surface area contributed by atoms with Crippen LogP contribution in [0.15, 0.2) is 46.2 Å². The summed E-state index contributed by atoms with van der Waals surface area (Å²) in [6.45, 7) is 1.71. The van der Waals surface area contributed by atoms with E-state index in [4.69, 9.17) is 5.14 Å². The summed E-state index contributed by atoms with van der Waals surface area (Å²) < 4.78 is 74.2. The molecule has 1 aliphatic heterocycles. The highest BCUT2D eigenvalue weighted by atomic mass is 32.2. The van der Waals surface area contributed by atoms with E-state index in [9.17, 15) is 26.0 Å². The fourth-order valence-electron chi connectivity index (χ4n) is 2.66. The van der Waals surface area contributed by atoms with Gasteiger partial charge in [0.05, 0.1) is 4.90 Å². The van der Waals surface area contributed by atoms with Crippen LogP contribution in [0.25, 0.3) is 0 Å². The molecular formula is C19H23F4N3O2S2. The normalized spacial score (nSPS) is 14.6. The maximum atomic E-state index is 13.7. The van der Waals surface area contributed by atoms with Crippen LogP contribution < -0.4 is 10.5 Å². The van der Waals surface area contributed by atoms with Gasteiger partial charge in [0.15, 0.2) is 11.6 Å². The van der Waals surface area contributed by atoms with Gasteiger partial charge in [-0.2, -0.15) is 0 Å². The number of anilines is 1. The Bertz CT molecular complexity index is 914. The van der Waals surface area contributed by atoms with Crippen molar-refractivity contribution in [2.45, 2.75) is 22.4 Å². The Balaban J connectivity index is 0.000000297. The molecule has 1 fully saturated rings. The van der Waals surface area contributed by atoms with Gasteiger partial charge in [-0.15, -0.1) is 11.8 Å². The third-order valence-electron chi connectivity index (χ3n) is 4.26. The fourth-order valence-corrected chi connectivity index (χ4v) is 3.60. The summed E-state index contributed by atoms with van der Waals surface area (Å²) in [6, 6.07) is 7.80. The lowest BCUT2D eigenvalue weighted by atomic mass is 10.2. The topological polar surface area (TPSA) is 75.4 Å². The minimum absolute atomic E-state index is 0.173. The quantitative estimate of drug-likeness (QED) is 0.371. The first kappa shape index (κ1) is 24.4. The largest absolute Gasteiger partial charge is 0.380 e. The number of nitrogens with two attached hydrogens (primary N) is 1. The Labute approximate surface area is 177 Å². The lowest BCUT2D eigenvalue weighted by Gasteiger charge is -2.34. The molecule has 3 N–H and O–H groups in total. The summed E-state index contributed by atoms with van der Waals surface area (Å²) in [5.41, 5.74) is -0.394. The summed E-state index contributed by atoms with van der Waals surface area (Å²) >= 11 is 1.61. The molecule has 0 aromatic heterocycles. The summed E-state index contributed by atoms with van der Waals surface area (Å²) in [4.78, 5) is 2.37. The monoisotopic (exact) mass is 465 g/mol. The predicted molar refractivity (Wildman–Crippen MR) is 110 cm³/mol. The van der Waals surface area contributed by atoms with Gasteiger partial charge in [-0.05, 0) is 49.1 Å². The van der Waals surface area contributed by atoms with Gasteiger partial charge in [0, 0.05) is 31.1 Å². The zero-order valence-electron chi connectivity index (χ0n) is 16.2. The van der Waals surface area contributed by atoms with E-state index in [1.54, 1.807) is 23.9 Å². The Morgan fingerprint density at radius 3 is 2.17 bits per heavy atom. The standard InChI is InChI=1S/C12H16F3N3O2S.C7H7FS/c13-8-6-18(7-8)3-1-2-17-12-10(14)4-9(5-11(12)15)21(16,19)20;1-9-7-4-2-6(8)3-5-7/h4-5,8,17H,1-3,6-7H2,(H2,16,19,20);2-5H,1H3. The van der Waals surface area contributed by atoms with Gasteiger partial charge in [-0.3, -0.25) is 4.90 Å². The van der Waals surface area contributed by atoms with Crippen molar-refractivity contribution < 1.29 is 26.0 Å². The van der Waals surface area contributed by atoms with Crippen molar-refractivity contribution in [3.8, 4) is 0 Å². The molecular weight excluding hydrogens is 442 g/mol. The molecule has 0 amide bonds. The molecule has 0 unspecified atom stereocenters. The third kappa shape index (κ3) is 7.46.